The Morgan fingerprint density at radius 2 is 1.95 bits per heavy atom. The molecule has 0 spiro atoms. The van der Waals surface area contributed by atoms with E-state index in [1.165, 1.54) is 5.56 Å². The van der Waals surface area contributed by atoms with Crippen LogP contribution in [0.2, 0.25) is 0 Å². The van der Waals surface area contributed by atoms with Gasteiger partial charge in [0.1, 0.15) is 0 Å². The summed E-state index contributed by atoms with van der Waals surface area (Å²) in [5.41, 5.74) is 1.27. The number of amides is 1. The van der Waals surface area contributed by atoms with E-state index in [0.717, 1.165) is 6.42 Å². The van der Waals surface area contributed by atoms with E-state index in [0.29, 0.717) is 18.7 Å². The summed E-state index contributed by atoms with van der Waals surface area (Å²) in [6.45, 7) is 9.00. The molecule has 4 nitrogen and oxygen atoms in total. The first kappa shape index (κ1) is 15.7. The molecule has 1 amide bonds. The van der Waals surface area contributed by atoms with Crippen LogP contribution in [0, 0.1) is 0 Å². The monoisotopic (exact) mass is 288 g/mol. The molecular formula is C17H24N2O2. The van der Waals surface area contributed by atoms with E-state index in [4.69, 9.17) is 0 Å². The fraction of sp³-hybridized carbons (Fsp3) is 0.529. The minimum Gasteiger partial charge on any atom is -0.353 e. The van der Waals surface area contributed by atoms with Crippen LogP contribution in [-0.4, -0.2) is 41.3 Å². The van der Waals surface area contributed by atoms with Gasteiger partial charge in [0.05, 0.1) is 11.6 Å². The number of aryl methyl sites for hydroxylation is 1. The average molecular weight is 288 g/mol. The van der Waals surface area contributed by atoms with Crippen LogP contribution in [0.1, 0.15) is 43.6 Å². The second-order valence-electron chi connectivity index (χ2n) is 6.10. The van der Waals surface area contributed by atoms with Gasteiger partial charge in [-0.2, -0.15) is 0 Å². The van der Waals surface area contributed by atoms with Gasteiger partial charge in [-0.25, -0.2) is 0 Å². The highest BCUT2D eigenvalue weighted by molar-refractivity contribution is 6.00. The number of nitrogens with zero attached hydrogens (tertiary/aromatic N) is 1. The maximum atomic E-state index is 12.7. The Balaban J connectivity index is 2.19. The Morgan fingerprint density at radius 3 is 2.52 bits per heavy atom. The average Bonchev–Trinajstić information content (AvgIpc) is 2.48. The van der Waals surface area contributed by atoms with E-state index in [9.17, 15) is 9.59 Å². The number of carbonyl (C=O) groups is 2. The van der Waals surface area contributed by atoms with E-state index in [1.54, 1.807) is 0 Å². The Morgan fingerprint density at radius 1 is 1.33 bits per heavy atom. The van der Waals surface area contributed by atoms with Gasteiger partial charge in [0, 0.05) is 18.7 Å². The minimum absolute atomic E-state index is 0.0188. The molecule has 0 aliphatic carbocycles. The van der Waals surface area contributed by atoms with Crippen LogP contribution in [0.15, 0.2) is 24.3 Å². The lowest BCUT2D eigenvalue weighted by molar-refractivity contribution is -0.135. The maximum Gasteiger partial charge on any atom is 0.240 e. The normalized spacial score (nSPS) is 19.9. The van der Waals surface area contributed by atoms with Crippen LogP contribution < -0.4 is 5.32 Å². The number of rotatable bonds is 4. The Kier molecular flexibility index (Phi) is 4.47. The topological polar surface area (TPSA) is 49.4 Å². The summed E-state index contributed by atoms with van der Waals surface area (Å²) in [4.78, 5) is 26.7. The third-order valence-corrected chi connectivity index (χ3v) is 4.41. The van der Waals surface area contributed by atoms with Crippen molar-refractivity contribution in [3.8, 4) is 0 Å². The molecule has 1 aliphatic rings. The largest absolute Gasteiger partial charge is 0.353 e. The first-order valence-electron chi connectivity index (χ1n) is 7.56. The quantitative estimate of drug-likeness (QED) is 0.863. The molecule has 1 aliphatic heterocycles. The Bertz CT molecular complexity index is 534. The highest BCUT2D eigenvalue weighted by Gasteiger charge is 2.41. The van der Waals surface area contributed by atoms with Crippen molar-refractivity contribution in [2.75, 3.05) is 13.1 Å². The third-order valence-electron chi connectivity index (χ3n) is 4.41. The molecule has 1 heterocycles. The second-order valence-corrected chi connectivity index (χ2v) is 6.10. The van der Waals surface area contributed by atoms with Crippen molar-refractivity contribution in [2.45, 2.75) is 45.7 Å². The van der Waals surface area contributed by atoms with Gasteiger partial charge < -0.3 is 5.32 Å². The summed E-state index contributed by atoms with van der Waals surface area (Å²) in [5.74, 6) is 0.0511. The molecule has 1 aromatic rings. The number of benzene rings is 1. The SMILES string of the molecule is CCc1ccc(C(=O)C(C)N2CCNC(=O)C2(C)C)cc1. The molecular weight excluding hydrogens is 264 g/mol. The number of ketones is 1. The zero-order chi connectivity index (χ0) is 15.6. The predicted molar refractivity (Wildman–Crippen MR) is 83.4 cm³/mol. The highest BCUT2D eigenvalue weighted by Crippen LogP contribution is 2.22. The number of carbonyl (C=O) groups excluding carboxylic acids is 2. The molecule has 1 aromatic carbocycles. The van der Waals surface area contributed by atoms with Gasteiger partial charge in [0.15, 0.2) is 5.78 Å². The van der Waals surface area contributed by atoms with Crippen LogP contribution in [0.3, 0.4) is 0 Å². The smallest absolute Gasteiger partial charge is 0.240 e. The molecule has 0 saturated carbocycles. The predicted octanol–water partition coefficient (Wildman–Crippen LogP) is 2.03. The molecule has 1 N–H and O–H groups in total. The molecule has 0 radical (unpaired) electrons. The number of Topliss-reactive ketones (excluding diaryl/α,β-unsaturated/α-hetero) is 1. The maximum absolute atomic E-state index is 12.7. The number of hydrogen-bond donors (Lipinski definition) is 1. The summed E-state index contributed by atoms with van der Waals surface area (Å²) in [6, 6.07) is 7.45. The highest BCUT2D eigenvalue weighted by atomic mass is 16.2. The zero-order valence-electron chi connectivity index (χ0n) is 13.3. The van der Waals surface area contributed by atoms with Gasteiger partial charge >= 0.3 is 0 Å². The number of nitrogens with one attached hydrogen (secondary N) is 1. The van der Waals surface area contributed by atoms with E-state index < -0.39 is 5.54 Å². The lowest BCUT2D eigenvalue weighted by Crippen LogP contribution is -2.65. The Labute approximate surface area is 126 Å². The van der Waals surface area contributed by atoms with Gasteiger partial charge in [-0.1, -0.05) is 31.2 Å². The van der Waals surface area contributed by atoms with Crippen molar-refractivity contribution in [2.24, 2.45) is 0 Å². The summed E-state index contributed by atoms with van der Waals surface area (Å²) in [6.07, 6.45) is 0.962. The van der Waals surface area contributed by atoms with Crippen LogP contribution >= 0.6 is 0 Å². The first-order valence-corrected chi connectivity index (χ1v) is 7.56. The fourth-order valence-electron chi connectivity index (χ4n) is 2.88. The van der Waals surface area contributed by atoms with Gasteiger partial charge in [0.2, 0.25) is 5.91 Å². The number of piperazine rings is 1. The van der Waals surface area contributed by atoms with Crippen LogP contribution in [0.5, 0.6) is 0 Å². The van der Waals surface area contributed by atoms with Crippen LogP contribution in [0.25, 0.3) is 0 Å². The molecule has 0 aromatic heterocycles. The molecule has 4 heteroatoms. The zero-order valence-corrected chi connectivity index (χ0v) is 13.3. The van der Waals surface area contributed by atoms with Crippen molar-refractivity contribution < 1.29 is 9.59 Å². The van der Waals surface area contributed by atoms with Crippen molar-refractivity contribution >= 4 is 11.7 Å². The Hall–Kier alpha value is -1.68. The van der Waals surface area contributed by atoms with E-state index >= 15 is 0 Å². The van der Waals surface area contributed by atoms with Crippen molar-refractivity contribution in [1.82, 2.24) is 10.2 Å². The van der Waals surface area contributed by atoms with Gasteiger partial charge in [-0.15, -0.1) is 0 Å². The molecule has 0 bridgehead atoms. The van der Waals surface area contributed by atoms with Gasteiger partial charge in [-0.05, 0) is 32.8 Å². The third kappa shape index (κ3) is 3.00. The van der Waals surface area contributed by atoms with Crippen LogP contribution in [-0.2, 0) is 11.2 Å². The minimum atomic E-state index is -0.656. The standard InChI is InChI=1S/C17H24N2O2/c1-5-13-6-8-14(9-7-13)15(20)12(2)19-11-10-18-16(21)17(19,3)4/h6-9,12H,5,10-11H2,1-4H3,(H,18,21). The summed E-state index contributed by atoms with van der Waals surface area (Å²) in [7, 11) is 0. The fourth-order valence-corrected chi connectivity index (χ4v) is 2.88. The lowest BCUT2D eigenvalue weighted by Gasteiger charge is -2.44. The molecule has 21 heavy (non-hydrogen) atoms. The van der Waals surface area contributed by atoms with Gasteiger partial charge in [-0.3, -0.25) is 14.5 Å². The molecule has 1 fully saturated rings. The van der Waals surface area contributed by atoms with Gasteiger partial charge in [0.25, 0.3) is 0 Å². The van der Waals surface area contributed by atoms with Crippen LogP contribution in [0.4, 0.5) is 0 Å². The van der Waals surface area contributed by atoms with Crippen molar-refractivity contribution in [3.63, 3.8) is 0 Å². The van der Waals surface area contributed by atoms with Crippen molar-refractivity contribution in [1.29, 1.82) is 0 Å². The molecule has 2 rings (SSSR count). The second kappa shape index (κ2) is 5.98. The molecule has 1 unspecified atom stereocenters. The summed E-state index contributed by atoms with van der Waals surface area (Å²) in [5, 5.41) is 2.86. The lowest BCUT2D eigenvalue weighted by atomic mass is 9.93. The first-order chi connectivity index (χ1) is 9.87. The van der Waals surface area contributed by atoms with E-state index in [1.807, 2.05) is 49.9 Å². The van der Waals surface area contributed by atoms with E-state index in [-0.39, 0.29) is 17.7 Å². The van der Waals surface area contributed by atoms with E-state index in [2.05, 4.69) is 12.2 Å². The van der Waals surface area contributed by atoms with Crippen molar-refractivity contribution in [3.05, 3.63) is 35.4 Å². The summed E-state index contributed by atoms with van der Waals surface area (Å²) >= 11 is 0. The molecule has 1 atom stereocenters. The molecule has 114 valence electrons. The molecule has 1 saturated heterocycles. The number of hydrogen-bond acceptors (Lipinski definition) is 3. The summed E-state index contributed by atoms with van der Waals surface area (Å²) < 4.78 is 0.